The third kappa shape index (κ3) is 4.38. The number of anilines is 1. The van der Waals surface area contributed by atoms with E-state index in [4.69, 9.17) is 4.74 Å². The Morgan fingerprint density at radius 2 is 1.86 bits per heavy atom. The number of ether oxygens (including phenoxy) is 1. The van der Waals surface area contributed by atoms with Gasteiger partial charge in [0.1, 0.15) is 33.8 Å². The van der Waals surface area contributed by atoms with E-state index in [9.17, 15) is 26.4 Å². The molecule has 0 aromatic heterocycles. The fourth-order valence-electron chi connectivity index (χ4n) is 3.21. The summed E-state index contributed by atoms with van der Waals surface area (Å²) in [4.78, 5) is 12.2. The van der Waals surface area contributed by atoms with Crippen molar-refractivity contribution in [2.45, 2.75) is 17.7 Å². The molecule has 156 valence electrons. The highest BCUT2D eigenvalue weighted by Gasteiger charge is 2.35. The van der Waals surface area contributed by atoms with Gasteiger partial charge in [-0.1, -0.05) is 6.07 Å². The van der Waals surface area contributed by atoms with Crippen LogP contribution in [0.3, 0.4) is 0 Å². The van der Waals surface area contributed by atoms with Gasteiger partial charge in [-0.2, -0.15) is 4.31 Å². The molecule has 2 aromatic rings. The second-order valence-electron chi connectivity index (χ2n) is 6.58. The smallest absolute Gasteiger partial charge is 0.246 e. The lowest BCUT2D eigenvalue weighted by Crippen LogP contribution is -2.43. The number of carbonyl (C=O) groups excluding carboxylic acids is 1. The number of methoxy groups -OCH3 is 1. The monoisotopic (exact) mass is 428 g/mol. The zero-order chi connectivity index (χ0) is 21.2. The summed E-state index contributed by atoms with van der Waals surface area (Å²) in [5, 5.41) is 2.20. The van der Waals surface area contributed by atoms with Crippen LogP contribution in [0.4, 0.5) is 18.9 Å². The van der Waals surface area contributed by atoms with Gasteiger partial charge < -0.3 is 10.1 Å². The number of hydrogen-bond donors (Lipinski definition) is 1. The van der Waals surface area contributed by atoms with E-state index in [2.05, 4.69) is 5.32 Å². The molecule has 0 saturated carbocycles. The predicted molar refractivity (Wildman–Crippen MR) is 99.4 cm³/mol. The average Bonchev–Trinajstić information content (AvgIpc) is 2.70. The minimum absolute atomic E-state index is 0.0218. The molecule has 6 nitrogen and oxygen atoms in total. The van der Waals surface area contributed by atoms with Crippen molar-refractivity contribution in [1.29, 1.82) is 0 Å². The second-order valence-corrected chi connectivity index (χ2v) is 8.49. The van der Waals surface area contributed by atoms with Crippen molar-refractivity contribution in [3.63, 3.8) is 0 Å². The number of halogens is 3. The van der Waals surface area contributed by atoms with E-state index < -0.39 is 45.0 Å². The number of para-hydroxylation sites is 1. The van der Waals surface area contributed by atoms with Crippen molar-refractivity contribution in [3.8, 4) is 5.75 Å². The Labute approximate surface area is 166 Å². The van der Waals surface area contributed by atoms with Crippen LogP contribution in [0.25, 0.3) is 0 Å². The maximum atomic E-state index is 13.8. The first-order chi connectivity index (χ1) is 13.7. The van der Waals surface area contributed by atoms with Crippen LogP contribution in [0.2, 0.25) is 0 Å². The summed E-state index contributed by atoms with van der Waals surface area (Å²) in [6, 6.07) is 6.32. The molecular weight excluding hydrogens is 409 g/mol. The third-order valence-corrected chi connectivity index (χ3v) is 6.60. The Balaban J connectivity index is 1.82. The molecule has 0 spiro atoms. The van der Waals surface area contributed by atoms with E-state index in [1.807, 2.05) is 0 Å². The van der Waals surface area contributed by atoms with E-state index in [1.165, 1.54) is 19.2 Å². The maximum absolute atomic E-state index is 13.8. The Morgan fingerprint density at radius 1 is 1.17 bits per heavy atom. The van der Waals surface area contributed by atoms with Crippen LogP contribution in [0.5, 0.6) is 5.75 Å². The summed E-state index contributed by atoms with van der Waals surface area (Å²) >= 11 is 0. The number of nitrogens with zero attached hydrogens (tertiary/aromatic N) is 1. The molecule has 1 atom stereocenters. The SMILES string of the molecule is COc1ccc(F)cc1S(=O)(=O)N1CCC[C@@H](C(=O)Nc2c(F)cccc2F)C1. The standard InChI is InChI=1S/C19H19F3N2O4S/c1-28-16-8-7-13(20)10-17(16)29(26,27)24-9-3-4-12(11-24)19(25)23-18-14(21)5-2-6-15(18)22/h2,5-8,10,12H,3-4,9,11H2,1H3,(H,23,25)/t12-/m1/s1. The third-order valence-electron chi connectivity index (χ3n) is 4.71. The van der Waals surface area contributed by atoms with Gasteiger partial charge in [0.15, 0.2) is 0 Å². The highest BCUT2D eigenvalue weighted by atomic mass is 32.2. The molecule has 0 bridgehead atoms. The number of carbonyl (C=O) groups is 1. The number of piperidine rings is 1. The maximum Gasteiger partial charge on any atom is 0.246 e. The van der Waals surface area contributed by atoms with Crippen LogP contribution in [0, 0.1) is 23.4 Å². The summed E-state index contributed by atoms with van der Waals surface area (Å²) in [5.41, 5.74) is -0.579. The zero-order valence-electron chi connectivity index (χ0n) is 15.5. The van der Waals surface area contributed by atoms with Gasteiger partial charge in [0.25, 0.3) is 0 Å². The lowest BCUT2D eigenvalue weighted by Gasteiger charge is -2.31. The van der Waals surface area contributed by atoms with Gasteiger partial charge in [0, 0.05) is 13.1 Å². The Bertz CT molecular complexity index is 1010. The molecule has 10 heteroatoms. The second kappa shape index (κ2) is 8.42. The van der Waals surface area contributed by atoms with Crippen molar-refractivity contribution in [3.05, 3.63) is 53.8 Å². The summed E-state index contributed by atoms with van der Waals surface area (Å²) in [6.45, 7) is -0.0796. The van der Waals surface area contributed by atoms with Crippen molar-refractivity contribution < 1.29 is 31.1 Å². The number of nitrogens with one attached hydrogen (secondary N) is 1. The topological polar surface area (TPSA) is 75.7 Å². The predicted octanol–water partition coefficient (Wildman–Crippen LogP) is 3.15. The number of sulfonamides is 1. The summed E-state index contributed by atoms with van der Waals surface area (Å²) in [7, 11) is -2.88. The first-order valence-corrected chi connectivity index (χ1v) is 10.3. The molecule has 1 aliphatic heterocycles. The van der Waals surface area contributed by atoms with Crippen molar-refractivity contribution >= 4 is 21.6 Å². The number of hydrogen-bond acceptors (Lipinski definition) is 4. The molecule has 0 radical (unpaired) electrons. The largest absolute Gasteiger partial charge is 0.495 e. The summed E-state index contributed by atoms with van der Waals surface area (Å²) < 4.78 is 73.2. The van der Waals surface area contributed by atoms with Gasteiger partial charge >= 0.3 is 0 Å². The molecule has 29 heavy (non-hydrogen) atoms. The highest BCUT2D eigenvalue weighted by molar-refractivity contribution is 7.89. The van der Waals surface area contributed by atoms with Gasteiger partial charge in [-0.05, 0) is 43.2 Å². The van der Waals surface area contributed by atoms with Crippen LogP contribution >= 0.6 is 0 Å². The van der Waals surface area contributed by atoms with Crippen molar-refractivity contribution in [1.82, 2.24) is 4.31 Å². The van der Waals surface area contributed by atoms with E-state index in [1.54, 1.807) is 0 Å². The van der Waals surface area contributed by atoms with Crippen molar-refractivity contribution in [2.24, 2.45) is 5.92 Å². The number of rotatable bonds is 5. The van der Waals surface area contributed by atoms with Gasteiger partial charge in [-0.3, -0.25) is 4.79 Å². The van der Waals surface area contributed by atoms with Crippen LogP contribution in [-0.2, 0) is 14.8 Å². The Kier molecular flexibility index (Phi) is 6.13. The van der Waals surface area contributed by atoms with Gasteiger partial charge in [0.05, 0.1) is 13.0 Å². The Morgan fingerprint density at radius 3 is 2.52 bits per heavy atom. The van der Waals surface area contributed by atoms with Crippen LogP contribution in [0.1, 0.15) is 12.8 Å². The first kappa shape index (κ1) is 21.1. The van der Waals surface area contributed by atoms with E-state index in [-0.39, 0.29) is 23.7 Å². The highest BCUT2D eigenvalue weighted by Crippen LogP contribution is 2.31. The van der Waals surface area contributed by atoms with Gasteiger partial charge in [0.2, 0.25) is 15.9 Å². The van der Waals surface area contributed by atoms with E-state index >= 15 is 0 Å². The summed E-state index contributed by atoms with van der Waals surface area (Å²) in [5.74, 6) is -4.14. The molecule has 0 aliphatic carbocycles. The average molecular weight is 428 g/mol. The number of amides is 1. The van der Waals surface area contributed by atoms with E-state index in [0.717, 1.165) is 28.6 Å². The molecule has 1 saturated heterocycles. The van der Waals surface area contributed by atoms with Gasteiger partial charge in [-0.25, -0.2) is 21.6 Å². The molecule has 1 fully saturated rings. The summed E-state index contributed by atoms with van der Waals surface area (Å²) in [6.07, 6.45) is 0.697. The molecule has 3 rings (SSSR count). The van der Waals surface area contributed by atoms with Crippen molar-refractivity contribution in [2.75, 3.05) is 25.5 Å². The zero-order valence-corrected chi connectivity index (χ0v) is 16.3. The normalized spacial score (nSPS) is 17.7. The van der Waals surface area contributed by atoms with Crippen LogP contribution in [0.15, 0.2) is 41.3 Å². The molecule has 1 heterocycles. The quantitative estimate of drug-likeness (QED) is 0.794. The molecular formula is C19H19F3N2O4S. The van der Waals surface area contributed by atoms with Crippen LogP contribution in [-0.4, -0.2) is 38.8 Å². The molecule has 0 unspecified atom stereocenters. The van der Waals surface area contributed by atoms with E-state index in [0.29, 0.717) is 12.8 Å². The first-order valence-electron chi connectivity index (χ1n) is 8.82. The molecule has 1 amide bonds. The molecule has 1 aliphatic rings. The minimum atomic E-state index is -4.14. The molecule has 1 N–H and O–H groups in total. The lowest BCUT2D eigenvalue weighted by molar-refractivity contribution is -0.120. The fraction of sp³-hybridized carbons (Fsp3) is 0.316. The number of benzene rings is 2. The minimum Gasteiger partial charge on any atom is -0.495 e. The molecule has 2 aromatic carbocycles. The Hall–Kier alpha value is -2.59. The van der Waals surface area contributed by atoms with Crippen LogP contribution < -0.4 is 10.1 Å². The lowest BCUT2D eigenvalue weighted by atomic mass is 9.98. The van der Waals surface area contributed by atoms with Gasteiger partial charge in [-0.15, -0.1) is 0 Å². The fourth-order valence-corrected chi connectivity index (χ4v) is 4.90.